The van der Waals surface area contributed by atoms with Gasteiger partial charge in [0, 0.05) is 24.8 Å². The molecule has 1 saturated heterocycles. The molecule has 2 aliphatic rings. The third-order valence-electron chi connectivity index (χ3n) is 4.65. The molecule has 1 saturated carbocycles. The summed E-state index contributed by atoms with van der Waals surface area (Å²) in [5, 5.41) is 8.27. The lowest BCUT2D eigenvalue weighted by atomic mass is 10.2. The summed E-state index contributed by atoms with van der Waals surface area (Å²) < 4.78 is 28.1. The van der Waals surface area contributed by atoms with Gasteiger partial charge in [0.1, 0.15) is 9.84 Å². The third kappa shape index (κ3) is 4.99. The summed E-state index contributed by atoms with van der Waals surface area (Å²) >= 11 is 0. The first kappa shape index (κ1) is 16.9. The monoisotopic (exact) mass is 342 g/mol. The van der Waals surface area contributed by atoms with Crippen LogP contribution < -0.4 is 0 Å². The van der Waals surface area contributed by atoms with Crippen molar-refractivity contribution in [1.29, 1.82) is 0 Å². The number of sulfone groups is 1. The van der Waals surface area contributed by atoms with E-state index in [4.69, 9.17) is 4.42 Å². The zero-order chi connectivity index (χ0) is 16.4. The Kier molecular flexibility index (Phi) is 5.03. The highest BCUT2D eigenvalue weighted by Crippen LogP contribution is 2.39. The predicted molar refractivity (Wildman–Crippen MR) is 86.9 cm³/mol. The fourth-order valence-corrected chi connectivity index (χ4v) is 3.75. The van der Waals surface area contributed by atoms with E-state index in [0.29, 0.717) is 30.8 Å². The van der Waals surface area contributed by atoms with E-state index < -0.39 is 9.84 Å². The van der Waals surface area contributed by atoms with E-state index in [0.717, 1.165) is 31.9 Å². The Morgan fingerprint density at radius 1 is 1.30 bits per heavy atom. The zero-order valence-electron chi connectivity index (χ0n) is 13.9. The van der Waals surface area contributed by atoms with Crippen molar-refractivity contribution in [2.75, 3.05) is 38.7 Å². The first-order valence-electron chi connectivity index (χ1n) is 8.33. The summed E-state index contributed by atoms with van der Waals surface area (Å²) in [7, 11) is -0.762. The maximum Gasteiger partial charge on any atom is 0.230 e. The van der Waals surface area contributed by atoms with Gasteiger partial charge in [-0.15, -0.1) is 10.2 Å². The lowest BCUT2D eigenvalue weighted by Crippen LogP contribution is -2.34. The molecule has 1 aliphatic heterocycles. The Bertz CT molecular complexity index is 626. The molecule has 1 atom stereocenters. The fraction of sp³-hybridized carbons (Fsp3) is 0.867. The number of aromatic nitrogens is 2. The van der Waals surface area contributed by atoms with E-state index in [1.54, 1.807) is 0 Å². The van der Waals surface area contributed by atoms with Crippen LogP contribution in [0.15, 0.2) is 4.42 Å². The van der Waals surface area contributed by atoms with Gasteiger partial charge in [-0.3, -0.25) is 4.90 Å². The molecule has 1 aromatic rings. The largest absolute Gasteiger partial charge is 0.424 e. The minimum atomic E-state index is -2.85. The second kappa shape index (κ2) is 6.86. The van der Waals surface area contributed by atoms with E-state index in [1.165, 1.54) is 19.1 Å². The predicted octanol–water partition coefficient (Wildman–Crippen LogP) is 0.888. The maximum absolute atomic E-state index is 11.2. The highest BCUT2D eigenvalue weighted by molar-refractivity contribution is 7.90. The molecule has 0 N–H and O–H groups in total. The van der Waals surface area contributed by atoms with Crippen LogP contribution in [-0.4, -0.2) is 73.1 Å². The van der Waals surface area contributed by atoms with Gasteiger partial charge in [-0.05, 0) is 45.8 Å². The smallest absolute Gasteiger partial charge is 0.230 e. The third-order valence-corrected chi connectivity index (χ3v) is 5.68. The Hall–Kier alpha value is -0.990. The lowest BCUT2D eigenvalue weighted by molar-refractivity contribution is 0.205. The quantitative estimate of drug-likeness (QED) is 0.694. The van der Waals surface area contributed by atoms with Crippen molar-refractivity contribution in [3.8, 4) is 0 Å². The molecular weight excluding hydrogens is 316 g/mol. The van der Waals surface area contributed by atoms with Crippen molar-refractivity contribution in [2.24, 2.45) is 0 Å². The van der Waals surface area contributed by atoms with E-state index in [-0.39, 0.29) is 5.75 Å². The van der Waals surface area contributed by atoms with Crippen LogP contribution in [0.5, 0.6) is 0 Å². The first-order chi connectivity index (χ1) is 10.9. The Labute approximate surface area is 138 Å². The van der Waals surface area contributed by atoms with Gasteiger partial charge in [-0.1, -0.05) is 0 Å². The topological polar surface area (TPSA) is 79.5 Å². The minimum Gasteiger partial charge on any atom is -0.424 e. The van der Waals surface area contributed by atoms with Gasteiger partial charge in [0.15, 0.2) is 0 Å². The van der Waals surface area contributed by atoms with Gasteiger partial charge in [0.2, 0.25) is 11.8 Å². The molecular formula is C15H26N4O3S. The molecule has 0 unspecified atom stereocenters. The Morgan fingerprint density at radius 2 is 2.09 bits per heavy atom. The van der Waals surface area contributed by atoms with Gasteiger partial charge in [0.25, 0.3) is 0 Å². The van der Waals surface area contributed by atoms with Crippen LogP contribution in [0.2, 0.25) is 0 Å². The van der Waals surface area contributed by atoms with Gasteiger partial charge < -0.3 is 9.32 Å². The van der Waals surface area contributed by atoms with Crippen molar-refractivity contribution in [3.63, 3.8) is 0 Å². The number of likely N-dealkylation sites (tertiary alicyclic amines) is 1. The zero-order valence-corrected chi connectivity index (χ0v) is 14.8. The standard InChI is InChI=1S/C15H26N4O3S/c1-18(11-14-16-17-15(22-14)12-4-5-12)13-6-8-19(10-13)7-3-9-23(2,20)21/h12-13H,3-11H2,1-2H3/t13-/m0/s1. The number of rotatable bonds is 8. The normalized spacial score (nSPS) is 23.0. The van der Waals surface area contributed by atoms with E-state index >= 15 is 0 Å². The number of hydrogen-bond acceptors (Lipinski definition) is 7. The number of hydrogen-bond donors (Lipinski definition) is 0. The summed E-state index contributed by atoms with van der Waals surface area (Å²) in [5.74, 6) is 2.26. The SMILES string of the molecule is CN(Cc1nnc(C2CC2)o1)[C@H]1CCN(CCCS(C)(=O)=O)C1. The summed E-state index contributed by atoms with van der Waals surface area (Å²) in [6, 6.07) is 0.463. The van der Waals surface area contributed by atoms with Crippen LogP contribution >= 0.6 is 0 Å². The van der Waals surface area contributed by atoms with Gasteiger partial charge in [-0.2, -0.15) is 0 Å². The van der Waals surface area contributed by atoms with Crippen molar-refractivity contribution in [3.05, 3.63) is 11.8 Å². The molecule has 0 aromatic carbocycles. The Morgan fingerprint density at radius 3 is 2.78 bits per heavy atom. The summed E-state index contributed by atoms with van der Waals surface area (Å²) in [4.78, 5) is 4.61. The molecule has 8 heteroatoms. The first-order valence-corrected chi connectivity index (χ1v) is 10.4. The minimum absolute atomic E-state index is 0.274. The van der Waals surface area contributed by atoms with E-state index in [9.17, 15) is 8.42 Å². The highest BCUT2D eigenvalue weighted by atomic mass is 32.2. The maximum atomic E-state index is 11.2. The van der Waals surface area contributed by atoms with Gasteiger partial charge in [0.05, 0.1) is 12.3 Å². The lowest BCUT2D eigenvalue weighted by Gasteiger charge is -2.23. The molecule has 0 bridgehead atoms. The van der Waals surface area contributed by atoms with Crippen LogP contribution in [0.1, 0.15) is 43.4 Å². The van der Waals surface area contributed by atoms with Gasteiger partial charge >= 0.3 is 0 Å². The molecule has 0 spiro atoms. The van der Waals surface area contributed by atoms with Crippen LogP contribution in [-0.2, 0) is 16.4 Å². The van der Waals surface area contributed by atoms with Crippen LogP contribution in [0.25, 0.3) is 0 Å². The Balaban J connectivity index is 1.42. The second-order valence-corrected chi connectivity index (χ2v) is 9.21. The van der Waals surface area contributed by atoms with Gasteiger partial charge in [-0.25, -0.2) is 8.42 Å². The summed E-state index contributed by atoms with van der Waals surface area (Å²) in [6.45, 7) is 3.53. The number of likely N-dealkylation sites (N-methyl/N-ethyl adjacent to an activating group) is 1. The average Bonchev–Trinajstić information content (AvgIpc) is 3.03. The molecule has 7 nitrogen and oxygen atoms in total. The van der Waals surface area contributed by atoms with Crippen LogP contribution in [0.4, 0.5) is 0 Å². The molecule has 3 rings (SSSR count). The van der Waals surface area contributed by atoms with Crippen LogP contribution in [0, 0.1) is 0 Å². The fourth-order valence-electron chi connectivity index (χ4n) is 3.09. The molecule has 23 heavy (non-hydrogen) atoms. The van der Waals surface area contributed by atoms with Crippen molar-refractivity contribution in [2.45, 2.75) is 44.2 Å². The summed E-state index contributed by atoms with van der Waals surface area (Å²) in [5.41, 5.74) is 0. The molecule has 130 valence electrons. The van der Waals surface area contributed by atoms with Crippen molar-refractivity contribution >= 4 is 9.84 Å². The molecule has 0 radical (unpaired) electrons. The molecule has 1 aromatic heterocycles. The van der Waals surface area contributed by atoms with Crippen molar-refractivity contribution < 1.29 is 12.8 Å². The second-order valence-electron chi connectivity index (χ2n) is 6.95. The molecule has 0 amide bonds. The molecule has 2 heterocycles. The molecule has 2 fully saturated rings. The summed E-state index contributed by atoms with van der Waals surface area (Å²) in [6.07, 6.45) is 5.45. The van der Waals surface area contributed by atoms with Crippen molar-refractivity contribution in [1.82, 2.24) is 20.0 Å². The average molecular weight is 342 g/mol. The van der Waals surface area contributed by atoms with Crippen LogP contribution in [0.3, 0.4) is 0 Å². The number of nitrogens with zero attached hydrogens (tertiary/aromatic N) is 4. The highest BCUT2D eigenvalue weighted by Gasteiger charge is 2.30. The van der Waals surface area contributed by atoms with E-state index in [2.05, 4.69) is 27.0 Å². The molecule has 1 aliphatic carbocycles. The van der Waals surface area contributed by atoms with E-state index in [1.807, 2.05) is 0 Å².